The number of carbonyl (C=O) groups is 1. The van der Waals surface area contributed by atoms with Crippen molar-refractivity contribution in [2.24, 2.45) is 0 Å². The zero-order valence-corrected chi connectivity index (χ0v) is 16.7. The molecule has 0 fully saturated rings. The number of hydrogen-bond donors (Lipinski definition) is 2. The van der Waals surface area contributed by atoms with Crippen LogP contribution in [-0.2, 0) is 11.3 Å². The van der Waals surface area contributed by atoms with Gasteiger partial charge in [-0.2, -0.15) is 0 Å². The molecule has 0 radical (unpaired) electrons. The van der Waals surface area contributed by atoms with Crippen molar-refractivity contribution >= 4 is 39.2 Å². The van der Waals surface area contributed by atoms with Gasteiger partial charge >= 0.3 is 0 Å². The highest BCUT2D eigenvalue weighted by Gasteiger charge is 2.31. The minimum atomic E-state index is -0.490. The maximum atomic E-state index is 13.7. The van der Waals surface area contributed by atoms with Gasteiger partial charge in [-0.25, -0.2) is 4.39 Å². The van der Waals surface area contributed by atoms with Gasteiger partial charge in [0.15, 0.2) is 0 Å². The second kappa shape index (κ2) is 6.97. The molecular formula is C22H17ClFN3O3. The number of pyridine rings is 1. The number of rotatable bonds is 2. The first kappa shape index (κ1) is 18.8. The molecule has 1 atom stereocenters. The molecule has 2 aromatic carbocycles. The van der Waals surface area contributed by atoms with E-state index in [2.05, 4.69) is 9.97 Å². The van der Waals surface area contributed by atoms with Crippen molar-refractivity contribution in [3.05, 3.63) is 80.6 Å². The highest BCUT2D eigenvalue weighted by molar-refractivity contribution is 6.35. The molecule has 2 N–H and O–H groups in total. The first-order chi connectivity index (χ1) is 14.4. The van der Waals surface area contributed by atoms with Crippen LogP contribution in [0, 0.1) is 5.82 Å². The number of nitrogens with one attached hydrogen (secondary N) is 2. The molecule has 0 saturated heterocycles. The van der Waals surface area contributed by atoms with Crippen molar-refractivity contribution in [3.8, 4) is 0 Å². The molecule has 30 heavy (non-hydrogen) atoms. The van der Waals surface area contributed by atoms with Crippen molar-refractivity contribution in [1.29, 1.82) is 0 Å². The molecule has 2 aromatic heterocycles. The van der Waals surface area contributed by atoms with E-state index in [1.165, 1.54) is 12.1 Å². The van der Waals surface area contributed by atoms with E-state index >= 15 is 0 Å². The Morgan fingerprint density at radius 1 is 1.17 bits per heavy atom. The number of likely N-dealkylation sites (N-methyl/N-ethyl adjacent to an activating group) is 1. The molecule has 152 valence electrons. The van der Waals surface area contributed by atoms with E-state index in [9.17, 15) is 14.0 Å². The molecule has 1 aliphatic rings. The van der Waals surface area contributed by atoms with Crippen LogP contribution in [0.4, 0.5) is 4.39 Å². The highest BCUT2D eigenvalue weighted by Crippen LogP contribution is 2.34. The van der Waals surface area contributed by atoms with Gasteiger partial charge in [-0.05, 0) is 35.7 Å². The lowest BCUT2D eigenvalue weighted by atomic mass is 9.95. The predicted molar refractivity (Wildman–Crippen MR) is 112 cm³/mol. The summed E-state index contributed by atoms with van der Waals surface area (Å²) >= 11 is 6.23. The molecule has 0 unspecified atom stereocenters. The standard InChI is InChI=1S/C22H17ClFN3O3/c1-27(22(29)17-8-14-15(23)3-2-4-16(14)25-17)19-10-30-9-18-20(19)12-6-5-11(24)7-13(12)21(28)26-18/h2-8,19,25H,9-10H2,1H3,(H,26,28)/t19-/m0/s1. The van der Waals surface area contributed by atoms with Gasteiger partial charge in [-0.1, -0.05) is 23.7 Å². The summed E-state index contributed by atoms with van der Waals surface area (Å²) in [4.78, 5) is 33.1. The number of carbonyl (C=O) groups excluding carboxylic acids is 1. The van der Waals surface area contributed by atoms with Crippen LogP contribution < -0.4 is 5.56 Å². The average Bonchev–Trinajstić information content (AvgIpc) is 3.18. The van der Waals surface area contributed by atoms with Crippen LogP contribution in [0.5, 0.6) is 0 Å². The fourth-order valence-electron chi connectivity index (χ4n) is 4.09. The Labute approximate surface area is 175 Å². The summed E-state index contributed by atoms with van der Waals surface area (Å²) in [5, 5.41) is 2.19. The van der Waals surface area contributed by atoms with Gasteiger partial charge < -0.3 is 19.6 Å². The number of fused-ring (bicyclic) bond motifs is 4. The van der Waals surface area contributed by atoms with E-state index in [-0.39, 0.29) is 30.1 Å². The number of H-pyrrole nitrogens is 2. The summed E-state index contributed by atoms with van der Waals surface area (Å²) in [6.45, 7) is 0.479. The third kappa shape index (κ3) is 2.89. The second-order valence-corrected chi connectivity index (χ2v) is 7.77. The van der Waals surface area contributed by atoms with Crippen molar-refractivity contribution in [2.45, 2.75) is 12.6 Å². The number of halogens is 2. The number of amides is 1. The van der Waals surface area contributed by atoms with Crippen LogP contribution >= 0.6 is 11.6 Å². The third-order valence-electron chi connectivity index (χ3n) is 5.59. The minimum Gasteiger partial charge on any atom is -0.373 e. The molecule has 0 aliphatic carbocycles. The van der Waals surface area contributed by atoms with Gasteiger partial charge in [-0.15, -0.1) is 0 Å². The molecule has 6 nitrogen and oxygen atoms in total. The van der Waals surface area contributed by atoms with E-state index in [0.717, 1.165) is 16.5 Å². The van der Waals surface area contributed by atoms with Gasteiger partial charge in [0, 0.05) is 34.2 Å². The lowest BCUT2D eigenvalue weighted by Gasteiger charge is -2.33. The van der Waals surface area contributed by atoms with Crippen LogP contribution in [-0.4, -0.2) is 34.4 Å². The number of hydrogen-bond acceptors (Lipinski definition) is 3. The zero-order valence-electron chi connectivity index (χ0n) is 16.0. The summed E-state index contributed by atoms with van der Waals surface area (Å²) in [6.07, 6.45) is 0. The van der Waals surface area contributed by atoms with Crippen molar-refractivity contribution in [1.82, 2.24) is 14.9 Å². The topological polar surface area (TPSA) is 78.2 Å². The van der Waals surface area contributed by atoms with Gasteiger partial charge in [0.25, 0.3) is 11.5 Å². The highest BCUT2D eigenvalue weighted by atomic mass is 35.5. The molecule has 0 saturated carbocycles. The third-order valence-corrected chi connectivity index (χ3v) is 5.92. The van der Waals surface area contributed by atoms with Gasteiger partial charge in [0.05, 0.1) is 24.6 Å². The minimum absolute atomic E-state index is 0.221. The van der Waals surface area contributed by atoms with Crippen molar-refractivity contribution < 1.29 is 13.9 Å². The van der Waals surface area contributed by atoms with E-state index in [4.69, 9.17) is 16.3 Å². The first-order valence-electron chi connectivity index (χ1n) is 9.40. The van der Waals surface area contributed by atoms with Crippen LogP contribution in [0.25, 0.3) is 21.7 Å². The molecule has 3 heterocycles. The summed E-state index contributed by atoms with van der Waals surface area (Å²) in [7, 11) is 1.68. The molecule has 1 amide bonds. The maximum absolute atomic E-state index is 13.7. The normalized spacial score (nSPS) is 16.0. The number of benzene rings is 2. The molecule has 1 aliphatic heterocycles. The Morgan fingerprint density at radius 2 is 2.00 bits per heavy atom. The lowest BCUT2D eigenvalue weighted by molar-refractivity contribution is 0.0333. The van der Waals surface area contributed by atoms with Crippen molar-refractivity contribution in [3.63, 3.8) is 0 Å². The smallest absolute Gasteiger partial charge is 0.270 e. The van der Waals surface area contributed by atoms with Gasteiger partial charge in [0.1, 0.15) is 11.5 Å². The average molecular weight is 426 g/mol. The molecular weight excluding hydrogens is 409 g/mol. The van der Waals surface area contributed by atoms with E-state index in [0.29, 0.717) is 21.8 Å². The molecule has 5 rings (SSSR count). The lowest BCUT2D eigenvalue weighted by Crippen LogP contribution is -2.37. The number of ether oxygens (including phenoxy) is 1. The SMILES string of the molecule is CN(C(=O)c1cc2c(Cl)cccc2[nH]1)[C@H]1COCc2[nH]c(=O)c3cc(F)ccc3c21. The summed E-state index contributed by atoms with van der Waals surface area (Å²) in [5.41, 5.74) is 2.14. The Hall–Kier alpha value is -3.16. The predicted octanol–water partition coefficient (Wildman–Crippen LogP) is 4.15. The van der Waals surface area contributed by atoms with Crippen LogP contribution in [0.2, 0.25) is 5.02 Å². The number of aromatic amines is 2. The quantitative estimate of drug-likeness (QED) is 0.506. The Kier molecular flexibility index (Phi) is 4.38. The molecule has 8 heteroatoms. The van der Waals surface area contributed by atoms with Gasteiger partial charge in [0.2, 0.25) is 0 Å². The largest absolute Gasteiger partial charge is 0.373 e. The van der Waals surface area contributed by atoms with Gasteiger partial charge in [-0.3, -0.25) is 9.59 Å². The van der Waals surface area contributed by atoms with Crippen molar-refractivity contribution in [2.75, 3.05) is 13.7 Å². The summed E-state index contributed by atoms with van der Waals surface area (Å²) < 4.78 is 19.4. The van der Waals surface area contributed by atoms with E-state index in [1.54, 1.807) is 30.1 Å². The number of nitrogens with zero attached hydrogens (tertiary/aromatic N) is 1. The first-order valence-corrected chi connectivity index (χ1v) is 9.78. The fourth-order valence-corrected chi connectivity index (χ4v) is 4.32. The second-order valence-electron chi connectivity index (χ2n) is 7.37. The summed E-state index contributed by atoms with van der Waals surface area (Å²) in [6, 6.07) is 10.8. The Bertz CT molecular complexity index is 1380. The van der Waals surface area contributed by atoms with E-state index in [1.807, 2.05) is 12.1 Å². The van der Waals surface area contributed by atoms with Crippen LogP contribution in [0.15, 0.2) is 47.3 Å². The molecule has 0 spiro atoms. The number of aromatic nitrogens is 2. The molecule has 4 aromatic rings. The Morgan fingerprint density at radius 3 is 2.80 bits per heavy atom. The maximum Gasteiger partial charge on any atom is 0.270 e. The zero-order chi connectivity index (χ0) is 21.0. The van der Waals surface area contributed by atoms with E-state index < -0.39 is 11.9 Å². The molecule has 0 bridgehead atoms. The van der Waals surface area contributed by atoms with Crippen LogP contribution in [0.3, 0.4) is 0 Å². The monoisotopic (exact) mass is 425 g/mol. The summed E-state index contributed by atoms with van der Waals surface area (Å²) in [5.74, 6) is -0.735. The van der Waals surface area contributed by atoms with Crippen LogP contribution in [0.1, 0.15) is 27.8 Å². The fraction of sp³-hybridized carbons (Fsp3) is 0.182. The Balaban J connectivity index is 1.60.